The summed E-state index contributed by atoms with van der Waals surface area (Å²) < 4.78 is 27.3. The van der Waals surface area contributed by atoms with Crippen LogP contribution in [0.25, 0.3) is 0 Å². The summed E-state index contributed by atoms with van der Waals surface area (Å²) >= 11 is 0. The van der Waals surface area contributed by atoms with Gasteiger partial charge in [-0.2, -0.15) is 0 Å². The highest BCUT2D eigenvalue weighted by Crippen LogP contribution is 2.32. The SMILES string of the molecule is Cc1ccc(C(=O)N2CCN(C(C(=O)Nc3ccc(F)cc3F)C3CCCC3)CC2)cc1. The summed E-state index contributed by atoms with van der Waals surface area (Å²) in [6, 6.07) is 10.3. The number of aryl methyl sites for hydroxylation is 1. The fourth-order valence-corrected chi connectivity index (χ4v) is 4.83. The van der Waals surface area contributed by atoms with Gasteiger partial charge in [0.1, 0.15) is 11.6 Å². The molecule has 1 heterocycles. The van der Waals surface area contributed by atoms with E-state index in [2.05, 4.69) is 10.2 Å². The van der Waals surface area contributed by atoms with Crippen molar-refractivity contribution in [1.82, 2.24) is 9.80 Å². The van der Waals surface area contributed by atoms with Crippen LogP contribution < -0.4 is 5.32 Å². The van der Waals surface area contributed by atoms with Crippen molar-refractivity contribution in [2.45, 2.75) is 38.6 Å². The van der Waals surface area contributed by atoms with Gasteiger partial charge in [0.05, 0.1) is 11.7 Å². The minimum Gasteiger partial charge on any atom is -0.336 e. The van der Waals surface area contributed by atoms with E-state index in [4.69, 9.17) is 0 Å². The molecule has 5 nitrogen and oxygen atoms in total. The first-order chi connectivity index (χ1) is 15.4. The molecule has 0 spiro atoms. The van der Waals surface area contributed by atoms with Gasteiger partial charge >= 0.3 is 0 Å². The number of rotatable bonds is 5. The Morgan fingerprint density at radius 1 is 0.969 bits per heavy atom. The second kappa shape index (κ2) is 9.77. The minimum absolute atomic E-state index is 0.0000915. The van der Waals surface area contributed by atoms with Gasteiger partial charge in [-0.15, -0.1) is 0 Å². The zero-order chi connectivity index (χ0) is 22.7. The number of anilines is 1. The highest BCUT2D eigenvalue weighted by Gasteiger charge is 2.37. The highest BCUT2D eigenvalue weighted by atomic mass is 19.1. The average molecular weight is 442 g/mol. The van der Waals surface area contributed by atoms with E-state index in [1.165, 1.54) is 6.07 Å². The van der Waals surface area contributed by atoms with Crippen molar-refractivity contribution >= 4 is 17.5 Å². The minimum atomic E-state index is -0.781. The van der Waals surface area contributed by atoms with Gasteiger partial charge in [0.2, 0.25) is 5.91 Å². The van der Waals surface area contributed by atoms with Crippen molar-refractivity contribution in [3.05, 3.63) is 65.2 Å². The largest absolute Gasteiger partial charge is 0.336 e. The number of nitrogens with zero attached hydrogens (tertiary/aromatic N) is 2. The van der Waals surface area contributed by atoms with E-state index in [0.29, 0.717) is 31.7 Å². The van der Waals surface area contributed by atoms with Crippen LogP contribution in [-0.4, -0.2) is 53.8 Å². The second-order valence-electron chi connectivity index (χ2n) is 8.80. The summed E-state index contributed by atoms with van der Waals surface area (Å²) in [6.07, 6.45) is 4.05. The Labute approximate surface area is 187 Å². The predicted molar refractivity (Wildman–Crippen MR) is 119 cm³/mol. The molecule has 1 N–H and O–H groups in total. The van der Waals surface area contributed by atoms with Crippen LogP contribution in [0.1, 0.15) is 41.6 Å². The zero-order valence-corrected chi connectivity index (χ0v) is 18.3. The van der Waals surface area contributed by atoms with Crippen molar-refractivity contribution in [3.8, 4) is 0 Å². The van der Waals surface area contributed by atoms with Crippen LogP contribution in [0.15, 0.2) is 42.5 Å². The Morgan fingerprint density at radius 2 is 1.62 bits per heavy atom. The van der Waals surface area contributed by atoms with Crippen LogP contribution in [0.4, 0.5) is 14.5 Å². The maximum Gasteiger partial charge on any atom is 0.253 e. The standard InChI is InChI=1S/C25H29F2N3O2/c1-17-6-8-19(9-7-17)25(32)30-14-12-29(13-15-30)23(18-4-2-3-5-18)24(31)28-22-11-10-20(26)16-21(22)27/h6-11,16,18,23H,2-5,12-15H2,1H3,(H,28,31). The maximum absolute atomic E-state index is 14.1. The third kappa shape index (κ3) is 4.99. The van der Waals surface area contributed by atoms with E-state index in [1.807, 2.05) is 36.1 Å². The van der Waals surface area contributed by atoms with Gasteiger partial charge in [0.15, 0.2) is 0 Å². The molecule has 32 heavy (non-hydrogen) atoms. The number of piperazine rings is 1. The molecular formula is C25H29F2N3O2. The number of carbonyl (C=O) groups excluding carboxylic acids is 2. The molecule has 2 amide bonds. The van der Waals surface area contributed by atoms with E-state index >= 15 is 0 Å². The number of hydrogen-bond acceptors (Lipinski definition) is 3. The van der Waals surface area contributed by atoms with Gasteiger partial charge in [-0.1, -0.05) is 30.5 Å². The molecule has 1 saturated carbocycles. The van der Waals surface area contributed by atoms with Gasteiger partial charge in [-0.05, 0) is 49.9 Å². The molecule has 1 aliphatic carbocycles. The molecule has 0 radical (unpaired) electrons. The average Bonchev–Trinajstić information content (AvgIpc) is 3.31. The van der Waals surface area contributed by atoms with Crippen molar-refractivity contribution in [2.24, 2.45) is 5.92 Å². The predicted octanol–water partition coefficient (Wildman–Crippen LogP) is 4.23. The monoisotopic (exact) mass is 441 g/mol. The number of nitrogens with one attached hydrogen (secondary N) is 1. The Kier molecular flexibility index (Phi) is 6.84. The maximum atomic E-state index is 14.1. The number of halogens is 2. The summed E-state index contributed by atoms with van der Waals surface area (Å²) in [5.74, 6) is -1.53. The van der Waals surface area contributed by atoms with Crippen molar-refractivity contribution in [1.29, 1.82) is 0 Å². The van der Waals surface area contributed by atoms with Crippen LogP contribution in [0.5, 0.6) is 0 Å². The van der Waals surface area contributed by atoms with Gasteiger partial charge < -0.3 is 10.2 Å². The van der Waals surface area contributed by atoms with Crippen molar-refractivity contribution < 1.29 is 18.4 Å². The van der Waals surface area contributed by atoms with E-state index in [0.717, 1.165) is 43.4 Å². The number of amides is 2. The summed E-state index contributed by atoms with van der Waals surface area (Å²) in [5.41, 5.74) is 1.77. The lowest BCUT2D eigenvalue weighted by molar-refractivity contribution is -0.124. The Morgan fingerprint density at radius 3 is 2.25 bits per heavy atom. The second-order valence-corrected chi connectivity index (χ2v) is 8.80. The van der Waals surface area contributed by atoms with Gasteiger partial charge in [0, 0.05) is 37.8 Å². The van der Waals surface area contributed by atoms with Crippen molar-refractivity contribution in [2.75, 3.05) is 31.5 Å². The van der Waals surface area contributed by atoms with E-state index < -0.39 is 17.7 Å². The van der Waals surface area contributed by atoms with Crippen LogP contribution in [0.2, 0.25) is 0 Å². The zero-order valence-electron chi connectivity index (χ0n) is 18.3. The summed E-state index contributed by atoms with van der Waals surface area (Å²) in [6.45, 7) is 4.22. The fourth-order valence-electron chi connectivity index (χ4n) is 4.83. The molecule has 170 valence electrons. The van der Waals surface area contributed by atoms with Crippen LogP contribution in [0, 0.1) is 24.5 Å². The van der Waals surface area contributed by atoms with Crippen LogP contribution >= 0.6 is 0 Å². The summed E-state index contributed by atoms with van der Waals surface area (Å²) in [7, 11) is 0. The van der Waals surface area contributed by atoms with E-state index in [1.54, 1.807) is 0 Å². The lowest BCUT2D eigenvalue weighted by atomic mass is 9.94. The molecule has 1 aliphatic heterocycles. The third-order valence-corrected chi connectivity index (χ3v) is 6.60. The van der Waals surface area contributed by atoms with Gasteiger partial charge in [-0.25, -0.2) is 8.78 Å². The molecule has 7 heteroatoms. The fraction of sp³-hybridized carbons (Fsp3) is 0.440. The molecule has 4 rings (SSSR count). The summed E-state index contributed by atoms with van der Waals surface area (Å²) in [4.78, 5) is 30.0. The first kappa shape index (κ1) is 22.4. The molecule has 1 atom stereocenters. The quantitative estimate of drug-likeness (QED) is 0.756. The first-order valence-electron chi connectivity index (χ1n) is 11.3. The van der Waals surface area contributed by atoms with Crippen LogP contribution in [0.3, 0.4) is 0 Å². The molecule has 2 aromatic rings. The molecule has 2 aliphatic rings. The number of carbonyl (C=O) groups is 2. The Balaban J connectivity index is 1.44. The summed E-state index contributed by atoms with van der Waals surface area (Å²) in [5, 5.41) is 2.67. The first-order valence-corrected chi connectivity index (χ1v) is 11.3. The number of benzene rings is 2. The number of hydrogen-bond donors (Lipinski definition) is 1. The van der Waals surface area contributed by atoms with Crippen molar-refractivity contribution in [3.63, 3.8) is 0 Å². The highest BCUT2D eigenvalue weighted by molar-refractivity contribution is 5.95. The Hall–Kier alpha value is -2.80. The van der Waals surface area contributed by atoms with Gasteiger partial charge in [0.25, 0.3) is 5.91 Å². The molecular weight excluding hydrogens is 412 g/mol. The molecule has 1 saturated heterocycles. The molecule has 0 aromatic heterocycles. The molecule has 2 aromatic carbocycles. The van der Waals surface area contributed by atoms with Crippen LogP contribution in [-0.2, 0) is 4.79 Å². The van der Waals surface area contributed by atoms with E-state index in [-0.39, 0.29) is 23.4 Å². The lowest BCUT2D eigenvalue weighted by Gasteiger charge is -2.40. The molecule has 1 unspecified atom stereocenters. The third-order valence-electron chi connectivity index (χ3n) is 6.60. The normalized spacial score (nSPS) is 18.5. The lowest BCUT2D eigenvalue weighted by Crippen LogP contribution is -2.57. The smallest absolute Gasteiger partial charge is 0.253 e. The van der Waals surface area contributed by atoms with E-state index in [9.17, 15) is 18.4 Å². The Bertz CT molecular complexity index is 966. The van der Waals surface area contributed by atoms with Gasteiger partial charge in [-0.3, -0.25) is 14.5 Å². The topological polar surface area (TPSA) is 52.7 Å². The molecule has 0 bridgehead atoms. The molecule has 2 fully saturated rings.